The molecule has 4 nitrogen and oxygen atoms in total. The number of nitrogens with one attached hydrogen (secondary N) is 1. The van der Waals surface area contributed by atoms with Crippen LogP contribution < -0.4 is 5.32 Å². The highest BCUT2D eigenvalue weighted by molar-refractivity contribution is 5.85. The Morgan fingerprint density at radius 3 is 2.45 bits per heavy atom. The minimum Gasteiger partial charge on any atom is -0.343 e. The van der Waals surface area contributed by atoms with Crippen molar-refractivity contribution < 1.29 is 4.79 Å². The number of carbonyl (C=O) groups excluding carboxylic acids is 1. The first-order chi connectivity index (χ1) is 10.1. The summed E-state index contributed by atoms with van der Waals surface area (Å²) in [5, 5.41) is 3.49. The van der Waals surface area contributed by atoms with Gasteiger partial charge >= 0.3 is 0 Å². The maximum Gasteiger partial charge on any atom is 0.222 e. The van der Waals surface area contributed by atoms with E-state index in [1.54, 1.807) is 0 Å². The van der Waals surface area contributed by atoms with Crippen molar-refractivity contribution in [3.05, 3.63) is 0 Å². The SMILES string of the molecule is CC1(CN2CCC(CC(=O)N3CCCC3)CC2)CCNC1.Cl. The molecule has 1 amide bonds. The first-order valence-electron chi connectivity index (χ1n) is 8.85. The molecule has 1 N–H and O–H groups in total. The molecule has 128 valence electrons. The van der Waals surface area contributed by atoms with Gasteiger partial charge in [0, 0.05) is 32.6 Å². The number of amides is 1. The lowest BCUT2D eigenvalue weighted by atomic mass is 9.87. The summed E-state index contributed by atoms with van der Waals surface area (Å²) in [4.78, 5) is 16.9. The van der Waals surface area contributed by atoms with Gasteiger partial charge in [-0.15, -0.1) is 12.4 Å². The molecule has 3 aliphatic rings. The van der Waals surface area contributed by atoms with Crippen LogP contribution in [0.4, 0.5) is 0 Å². The van der Waals surface area contributed by atoms with Crippen LogP contribution in [0.2, 0.25) is 0 Å². The van der Waals surface area contributed by atoms with Gasteiger partial charge in [0.25, 0.3) is 0 Å². The molecule has 0 aromatic rings. The molecule has 0 spiro atoms. The van der Waals surface area contributed by atoms with Gasteiger partial charge in [-0.2, -0.15) is 0 Å². The van der Waals surface area contributed by atoms with Gasteiger partial charge in [0.15, 0.2) is 0 Å². The molecule has 0 radical (unpaired) electrons. The second-order valence-electron chi connectivity index (χ2n) is 7.75. The lowest BCUT2D eigenvalue weighted by Gasteiger charge is -2.37. The van der Waals surface area contributed by atoms with Crippen molar-refractivity contribution in [3.8, 4) is 0 Å². The highest BCUT2D eigenvalue weighted by atomic mass is 35.5. The van der Waals surface area contributed by atoms with Crippen LogP contribution in [-0.4, -0.2) is 61.5 Å². The van der Waals surface area contributed by atoms with Crippen molar-refractivity contribution in [1.29, 1.82) is 0 Å². The first kappa shape index (κ1) is 18.0. The number of halogens is 1. The van der Waals surface area contributed by atoms with Crippen LogP contribution >= 0.6 is 12.4 Å². The summed E-state index contributed by atoms with van der Waals surface area (Å²) in [6.07, 6.45) is 6.94. The van der Waals surface area contributed by atoms with Crippen LogP contribution in [-0.2, 0) is 4.79 Å². The molecule has 0 aliphatic carbocycles. The predicted octanol–water partition coefficient (Wildman–Crippen LogP) is 2.13. The monoisotopic (exact) mass is 329 g/mol. The van der Waals surface area contributed by atoms with Crippen molar-refractivity contribution >= 4 is 18.3 Å². The second kappa shape index (κ2) is 7.98. The predicted molar refractivity (Wildman–Crippen MR) is 92.4 cm³/mol. The highest BCUT2D eigenvalue weighted by Gasteiger charge is 2.32. The molecule has 3 aliphatic heterocycles. The van der Waals surface area contributed by atoms with Crippen LogP contribution in [0.3, 0.4) is 0 Å². The lowest BCUT2D eigenvalue weighted by molar-refractivity contribution is -0.131. The summed E-state index contributed by atoms with van der Waals surface area (Å²) in [6, 6.07) is 0. The minimum absolute atomic E-state index is 0. The molecule has 3 rings (SSSR count). The van der Waals surface area contributed by atoms with E-state index in [4.69, 9.17) is 0 Å². The molecule has 5 heteroatoms. The summed E-state index contributed by atoms with van der Waals surface area (Å²) in [7, 11) is 0. The Kier molecular flexibility index (Phi) is 6.54. The van der Waals surface area contributed by atoms with Gasteiger partial charge < -0.3 is 15.1 Å². The van der Waals surface area contributed by atoms with Gasteiger partial charge in [-0.05, 0) is 63.1 Å². The number of hydrogen-bond acceptors (Lipinski definition) is 3. The van der Waals surface area contributed by atoms with Gasteiger partial charge in [-0.1, -0.05) is 6.92 Å². The van der Waals surface area contributed by atoms with Crippen LogP contribution in [0, 0.1) is 11.3 Å². The maximum atomic E-state index is 12.2. The summed E-state index contributed by atoms with van der Waals surface area (Å²) in [6.45, 7) is 10.4. The van der Waals surface area contributed by atoms with Crippen molar-refractivity contribution in [1.82, 2.24) is 15.1 Å². The van der Waals surface area contributed by atoms with E-state index in [9.17, 15) is 4.79 Å². The Balaban J connectivity index is 0.00000176. The van der Waals surface area contributed by atoms with E-state index < -0.39 is 0 Å². The van der Waals surface area contributed by atoms with E-state index >= 15 is 0 Å². The van der Waals surface area contributed by atoms with E-state index in [0.29, 0.717) is 17.2 Å². The van der Waals surface area contributed by atoms with Crippen LogP contribution in [0.15, 0.2) is 0 Å². The minimum atomic E-state index is 0. The van der Waals surface area contributed by atoms with Crippen molar-refractivity contribution in [2.45, 2.75) is 45.4 Å². The van der Waals surface area contributed by atoms with E-state index in [1.165, 1.54) is 64.8 Å². The third-order valence-corrected chi connectivity index (χ3v) is 5.69. The fourth-order valence-corrected chi connectivity index (χ4v) is 4.23. The smallest absolute Gasteiger partial charge is 0.222 e. The van der Waals surface area contributed by atoms with Crippen LogP contribution in [0.25, 0.3) is 0 Å². The average Bonchev–Trinajstić information content (AvgIpc) is 3.13. The first-order valence-corrected chi connectivity index (χ1v) is 8.85. The van der Waals surface area contributed by atoms with Crippen LogP contribution in [0.1, 0.15) is 45.4 Å². The van der Waals surface area contributed by atoms with Crippen molar-refractivity contribution in [2.75, 3.05) is 45.8 Å². The number of hydrogen-bond donors (Lipinski definition) is 1. The fraction of sp³-hybridized carbons (Fsp3) is 0.941. The fourth-order valence-electron chi connectivity index (χ4n) is 4.23. The summed E-state index contributed by atoms with van der Waals surface area (Å²) >= 11 is 0. The van der Waals surface area contributed by atoms with Gasteiger partial charge in [0.05, 0.1) is 0 Å². The normalized spacial score (nSPS) is 30.5. The topological polar surface area (TPSA) is 35.6 Å². The maximum absolute atomic E-state index is 12.2. The molecule has 1 atom stereocenters. The van der Waals surface area contributed by atoms with E-state index in [2.05, 4.69) is 22.0 Å². The molecule has 3 saturated heterocycles. The summed E-state index contributed by atoms with van der Waals surface area (Å²) in [5.41, 5.74) is 0.470. The second-order valence-corrected chi connectivity index (χ2v) is 7.75. The van der Waals surface area contributed by atoms with Gasteiger partial charge in [-0.25, -0.2) is 0 Å². The number of nitrogens with zero attached hydrogens (tertiary/aromatic N) is 2. The Morgan fingerprint density at radius 2 is 1.86 bits per heavy atom. The summed E-state index contributed by atoms with van der Waals surface area (Å²) in [5.74, 6) is 1.04. The molecular formula is C17H32ClN3O. The molecular weight excluding hydrogens is 298 g/mol. The van der Waals surface area contributed by atoms with Gasteiger partial charge in [-0.3, -0.25) is 4.79 Å². The zero-order chi connectivity index (χ0) is 14.7. The van der Waals surface area contributed by atoms with E-state index in [0.717, 1.165) is 19.5 Å². The van der Waals surface area contributed by atoms with E-state index in [-0.39, 0.29) is 12.4 Å². The molecule has 0 aromatic carbocycles. The number of rotatable bonds is 4. The van der Waals surface area contributed by atoms with Gasteiger partial charge in [0.2, 0.25) is 5.91 Å². The Bertz CT molecular complexity index is 357. The zero-order valence-corrected chi connectivity index (χ0v) is 14.8. The quantitative estimate of drug-likeness (QED) is 0.858. The van der Waals surface area contributed by atoms with Crippen LogP contribution in [0.5, 0.6) is 0 Å². The van der Waals surface area contributed by atoms with Crippen molar-refractivity contribution in [2.24, 2.45) is 11.3 Å². The number of carbonyl (C=O) groups is 1. The Hall–Kier alpha value is -0.320. The molecule has 0 aromatic heterocycles. The molecule has 22 heavy (non-hydrogen) atoms. The zero-order valence-electron chi connectivity index (χ0n) is 14.0. The third kappa shape index (κ3) is 4.59. The van der Waals surface area contributed by atoms with Crippen molar-refractivity contribution in [3.63, 3.8) is 0 Å². The number of likely N-dealkylation sites (tertiary alicyclic amines) is 2. The standard InChI is InChI=1S/C17H31N3O.ClH/c1-17(6-7-18-13-17)14-19-10-4-15(5-11-19)12-16(21)20-8-2-3-9-20;/h15,18H,2-14H2,1H3;1H. The molecule has 3 fully saturated rings. The average molecular weight is 330 g/mol. The Morgan fingerprint density at radius 1 is 1.18 bits per heavy atom. The lowest BCUT2D eigenvalue weighted by Crippen LogP contribution is -2.42. The third-order valence-electron chi connectivity index (χ3n) is 5.69. The van der Waals surface area contributed by atoms with Gasteiger partial charge in [0.1, 0.15) is 0 Å². The van der Waals surface area contributed by atoms with E-state index in [1.807, 2.05) is 0 Å². The molecule has 0 bridgehead atoms. The largest absolute Gasteiger partial charge is 0.343 e. The highest BCUT2D eigenvalue weighted by Crippen LogP contribution is 2.29. The molecule has 0 saturated carbocycles. The number of piperidine rings is 1. The summed E-state index contributed by atoms with van der Waals surface area (Å²) < 4.78 is 0. The molecule has 3 heterocycles. The molecule has 1 unspecified atom stereocenters. The Labute approximate surface area is 141 Å².